The zero-order valence-corrected chi connectivity index (χ0v) is 22.3. The highest BCUT2D eigenvalue weighted by Gasteiger charge is 2.59. The van der Waals surface area contributed by atoms with E-state index in [1.165, 1.54) is 56.7 Å². The number of anilines is 2. The fourth-order valence-electron chi connectivity index (χ4n) is 8.78. The lowest BCUT2D eigenvalue weighted by Gasteiger charge is -2.65. The molecule has 3 fully saturated rings. The molecule has 3 aliphatic rings. The first kappa shape index (κ1) is 23.8. The molecule has 0 aromatic heterocycles. The van der Waals surface area contributed by atoms with Gasteiger partial charge in [0.15, 0.2) is 0 Å². The van der Waals surface area contributed by atoms with Crippen LogP contribution in [0.3, 0.4) is 0 Å². The van der Waals surface area contributed by atoms with Crippen molar-refractivity contribution in [3.8, 4) is 0 Å². The maximum absolute atomic E-state index is 2.83. The van der Waals surface area contributed by atoms with Crippen molar-refractivity contribution in [3.05, 3.63) is 59.2 Å². The van der Waals surface area contributed by atoms with Gasteiger partial charge in [-0.25, -0.2) is 0 Å². The minimum absolute atomic E-state index is 0.500. The number of aryl methyl sites for hydroxylation is 3. The second-order valence-corrected chi connectivity index (χ2v) is 11.6. The Morgan fingerprint density at radius 1 is 0.676 bits per heavy atom. The second kappa shape index (κ2) is 9.59. The molecule has 1 saturated carbocycles. The molecule has 2 nitrogen and oxygen atoms in total. The third-order valence-corrected chi connectivity index (χ3v) is 10.1. The zero-order chi connectivity index (χ0) is 23.9. The lowest BCUT2D eigenvalue weighted by atomic mass is 9.47. The largest absolute Gasteiger partial charge is 0.371 e. The van der Waals surface area contributed by atoms with E-state index in [9.17, 15) is 0 Å². The van der Waals surface area contributed by atoms with Crippen LogP contribution in [0.4, 0.5) is 11.4 Å². The van der Waals surface area contributed by atoms with Gasteiger partial charge in [-0.3, -0.25) is 0 Å². The number of rotatable bonds is 5. The van der Waals surface area contributed by atoms with Crippen molar-refractivity contribution in [1.29, 1.82) is 0 Å². The Morgan fingerprint density at radius 3 is 2.00 bits per heavy atom. The van der Waals surface area contributed by atoms with E-state index < -0.39 is 0 Å². The standard InChI is InChI=1S/C32H46N2/c1-6-25-14-9-10-18-30(25)33-20-28-17-11-13-23(4)32(28)24(5)19-34(22-29(32)21-33)31-26(7-2)15-12-16-27(31)8-3/h9-10,12,14-16,18,23-24,28-29H,6-8,11,13,17,19-22H2,1-5H3/t23?,24-,28?,29+,32?/m0/s1. The van der Waals surface area contributed by atoms with Crippen molar-refractivity contribution in [2.75, 3.05) is 36.0 Å². The Balaban J connectivity index is 1.55. The monoisotopic (exact) mass is 458 g/mol. The van der Waals surface area contributed by atoms with E-state index in [0.29, 0.717) is 5.41 Å². The summed E-state index contributed by atoms with van der Waals surface area (Å²) >= 11 is 0. The van der Waals surface area contributed by atoms with E-state index in [1.807, 2.05) is 0 Å². The van der Waals surface area contributed by atoms with E-state index in [0.717, 1.165) is 42.9 Å². The van der Waals surface area contributed by atoms with Gasteiger partial charge < -0.3 is 9.80 Å². The van der Waals surface area contributed by atoms with Crippen molar-refractivity contribution in [3.63, 3.8) is 0 Å². The number of nitrogens with zero attached hydrogens (tertiary/aromatic N) is 2. The Labute approximate surface area is 208 Å². The summed E-state index contributed by atoms with van der Waals surface area (Å²) in [6, 6.07) is 16.2. The van der Waals surface area contributed by atoms with Crippen LogP contribution in [0.2, 0.25) is 0 Å². The summed E-state index contributed by atoms with van der Waals surface area (Å²) in [5.41, 5.74) is 8.17. The molecule has 3 unspecified atom stereocenters. The summed E-state index contributed by atoms with van der Waals surface area (Å²) in [6.45, 7) is 17.1. The Bertz CT molecular complexity index is 974. The quantitative estimate of drug-likeness (QED) is 0.461. The lowest BCUT2D eigenvalue weighted by molar-refractivity contribution is -0.0935. The van der Waals surface area contributed by atoms with Crippen LogP contribution in [0.5, 0.6) is 0 Å². The molecule has 2 aromatic carbocycles. The Hall–Kier alpha value is -1.96. The van der Waals surface area contributed by atoms with Crippen LogP contribution in [-0.2, 0) is 19.3 Å². The van der Waals surface area contributed by atoms with Crippen LogP contribution < -0.4 is 9.80 Å². The van der Waals surface area contributed by atoms with E-state index in [-0.39, 0.29) is 0 Å². The van der Waals surface area contributed by atoms with Crippen molar-refractivity contribution in [2.24, 2.45) is 29.1 Å². The highest BCUT2D eigenvalue weighted by molar-refractivity contribution is 5.61. The maximum Gasteiger partial charge on any atom is 0.0431 e. The molecular formula is C32H46N2. The van der Waals surface area contributed by atoms with Gasteiger partial charge >= 0.3 is 0 Å². The molecule has 34 heavy (non-hydrogen) atoms. The maximum atomic E-state index is 2.83. The highest BCUT2D eigenvalue weighted by Crippen LogP contribution is 2.60. The molecule has 1 aliphatic carbocycles. The average molecular weight is 459 g/mol. The third-order valence-electron chi connectivity index (χ3n) is 10.1. The van der Waals surface area contributed by atoms with Crippen LogP contribution in [0.25, 0.3) is 0 Å². The van der Waals surface area contributed by atoms with Gasteiger partial charge in [0.2, 0.25) is 0 Å². The fourth-order valence-corrected chi connectivity index (χ4v) is 8.78. The molecule has 1 spiro atoms. The molecule has 2 heteroatoms. The lowest BCUT2D eigenvalue weighted by Crippen LogP contribution is -2.67. The van der Waals surface area contributed by atoms with Crippen molar-refractivity contribution >= 4 is 11.4 Å². The number of benzene rings is 2. The van der Waals surface area contributed by atoms with Gasteiger partial charge in [-0.1, -0.05) is 83.9 Å². The molecule has 2 saturated heterocycles. The van der Waals surface area contributed by atoms with E-state index >= 15 is 0 Å². The SMILES string of the molecule is CCc1ccccc1N1CC2CCCC(C)C23[C@H](C1)CN(c1c(CC)cccc1CC)C[C@@H]3C. The molecule has 0 N–H and O–H groups in total. The molecule has 2 aliphatic heterocycles. The van der Waals surface area contributed by atoms with Crippen LogP contribution in [-0.4, -0.2) is 26.2 Å². The fraction of sp³-hybridized carbons (Fsp3) is 0.625. The predicted molar refractivity (Wildman–Crippen MR) is 147 cm³/mol. The van der Waals surface area contributed by atoms with Gasteiger partial charge in [-0.2, -0.15) is 0 Å². The van der Waals surface area contributed by atoms with Crippen LogP contribution >= 0.6 is 0 Å². The summed E-state index contributed by atoms with van der Waals surface area (Å²) in [4.78, 5) is 5.62. The first-order chi connectivity index (χ1) is 16.5. The first-order valence-corrected chi connectivity index (χ1v) is 14.2. The van der Waals surface area contributed by atoms with E-state index in [2.05, 4.69) is 86.9 Å². The minimum atomic E-state index is 0.500. The Morgan fingerprint density at radius 2 is 1.29 bits per heavy atom. The van der Waals surface area contributed by atoms with Gasteiger partial charge in [-0.05, 0) is 71.6 Å². The Kier molecular flexibility index (Phi) is 6.70. The molecule has 0 bridgehead atoms. The molecule has 2 heterocycles. The summed E-state index contributed by atoms with van der Waals surface area (Å²) in [5, 5.41) is 0. The molecule has 0 radical (unpaired) electrons. The molecular weight excluding hydrogens is 412 g/mol. The summed E-state index contributed by atoms with van der Waals surface area (Å²) in [5.74, 6) is 3.13. The minimum Gasteiger partial charge on any atom is -0.371 e. The normalized spacial score (nSPS) is 31.2. The molecule has 0 amide bonds. The summed E-state index contributed by atoms with van der Waals surface area (Å²) in [7, 11) is 0. The van der Waals surface area contributed by atoms with Gasteiger partial charge in [-0.15, -0.1) is 0 Å². The molecule has 2 aromatic rings. The van der Waals surface area contributed by atoms with Crippen LogP contribution in [0.15, 0.2) is 42.5 Å². The first-order valence-electron chi connectivity index (χ1n) is 14.2. The molecule has 5 atom stereocenters. The second-order valence-electron chi connectivity index (χ2n) is 11.6. The van der Waals surface area contributed by atoms with Gasteiger partial charge in [0.05, 0.1) is 0 Å². The smallest absolute Gasteiger partial charge is 0.0431 e. The number of piperidine rings is 2. The molecule has 184 valence electrons. The number of hydrogen-bond donors (Lipinski definition) is 0. The summed E-state index contributed by atoms with van der Waals surface area (Å²) < 4.78 is 0. The van der Waals surface area contributed by atoms with Crippen molar-refractivity contribution in [1.82, 2.24) is 0 Å². The topological polar surface area (TPSA) is 6.48 Å². The van der Waals surface area contributed by atoms with Crippen molar-refractivity contribution in [2.45, 2.75) is 73.1 Å². The van der Waals surface area contributed by atoms with Gasteiger partial charge in [0.1, 0.15) is 0 Å². The predicted octanol–water partition coefficient (Wildman–Crippen LogP) is 7.39. The number of para-hydroxylation sites is 2. The average Bonchev–Trinajstić information content (AvgIpc) is 2.87. The van der Waals surface area contributed by atoms with Crippen molar-refractivity contribution < 1.29 is 0 Å². The third kappa shape index (κ3) is 3.67. The van der Waals surface area contributed by atoms with E-state index in [1.54, 1.807) is 16.8 Å². The number of hydrogen-bond acceptors (Lipinski definition) is 2. The highest BCUT2D eigenvalue weighted by atomic mass is 15.2. The zero-order valence-electron chi connectivity index (χ0n) is 22.3. The van der Waals surface area contributed by atoms with Gasteiger partial charge in [0.25, 0.3) is 0 Å². The van der Waals surface area contributed by atoms with E-state index in [4.69, 9.17) is 0 Å². The molecule has 5 rings (SSSR count). The van der Waals surface area contributed by atoms with Gasteiger partial charge in [0, 0.05) is 43.5 Å². The summed E-state index contributed by atoms with van der Waals surface area (Å²) in [6.07, 6.45) is 7.63. The van der Waals surface area contributed by atoms with Crippen LogP contribution in [0, 0.1) is 29.1 Å². The van der Waals surface area contributed by atoms with Crippen LogP contribution in [0.1, 0.15) is 70.6 Å².